The van der Waals surface area contributed by atoms with Crippen LogP contribution < -0.4 is 5.32 Å². The lowest BCUT2D eigenvalue weighted by atomic mass is 10.3. The van der Waals surface area contributed by atoms with Crippen LogP contribution in [0.5, 0.6) is 0 Å². The molecule has 0 fully saturated rings. The van der Waals surface area contributed by atoms with Crippen molar-refractivity contribution in [3.63, 3.8) is 0 Å². The number of nitrogens with one attached hydrogen (secondary N) is 1. The van der Waals surface area contributed by atoms with E-state index in [1.54, 1.807) is 0 Å². The van der Waals surface area contributed by atoms with Crippen molar-refractivity contribution in [3.8, 4) is 0 Å². The fraction of sp³-hybridized carbons (Fsp3) is 0.583. The normalized spacial score (nSPS) is 12.4. The van der Waals surface area contributed by atoms with Crippen molar-refractivity contribution in [3.05, 3.63) is 18.1 Å². The van der Waals surface area contributed by atoms with Crippen LogP contribution in [-0.2, 0) is 0 Å². The van der Waals surface area contributed by atoms with Crippen molar-refractivity contribution in [1.29, 1.82) is 0 Å². The van der Waals surface area contributed by atoms with Gasteiger partial charge < -0.3 is 15.3 Å². The Hall–Kier alpha value is -1.69. The zero-order valence-corrected chi connectivity index (χ0v) is 11.1. The molecule has 2 N–H and O–H groups in total. The van der Waals surface area contributed by atoms with E-state index in [1.165, 1.54) is 12.4 Å². The molecule has 1 heterocycles. The molecule has 6 heteroatoms. The summed E-state index contributed by atoms with van der Waals surface area (Å²) in [6, 6.07) is 0.184. The number of carbonyl (C=O) groups is 1. The first kappa shape index (κ1) is 14.4. The largest absolute Gasteiger partial charge is 0.476 e. The third-order valence-corrected chi connectivity index (χ3v) is 2.67. The summed E-state index contributed by atoms with van der Waals surface area (Å²) < 4.78 is 0. The molecule has 0 aliphatic carbocycles. The summed E-state index contributed by atoms with van der Waals surface area (Å²) in [5.41, 5.74) is -0.0463. The van der Waals surface area contributed by atoms with E-state index in [0.29, 0.717) is 5.82 Å². The van der Waals surface area contributed by atoms with Crippen LogP contribution in [0.3, 0.4) is 0 Å². The van der Waals surface area contributed by atoms with Gasteiger partial charge in [-0.15, -0.1) is 0 Å². The summed E-state index contributed by atoms with van der Waals surface area (Å²) in [5, 5.41) is 12.0. The van der Waals surface area contributed by atoms with Gasteiger partial charge in [0.15, 0.2) is 5.69 Å². The van der Waals surface area contributed by atoms with E-state index in [4.69, 9.17) is 5.11 Å². The summed E-state index contributed by atoms with van der Waals surface area (Å²) in [4.78, 5) is 20.9. The Morgan fingerprint density at radius 1 is 1.44 bits per heavy atom. The minimum absolute atomic E-state index is 0.0463. The van der Waals surface area contributed by atoms with Crippen LogP contribution in [0.1, 0.15) is 31.3 Å². The minimum Gasteiger partial charge on any atom is -0.476 e. The maximum Gasteiger partial charge on any atom is 0.356 e. The van der Waals surface area contributed by atoms with E-state index in [1.807, 2.05) is 6.92 Å². The molecule has 0 saturated heterocycles. The van der Waals surface area contributed by atoms with Crippen LogP contribution in [0.4, 0.5) is 5.82 Å². The summed E-state index contributed by atoms with van der Waals surface area (Å²) in [7, 11) is 0. The second-order valence-electron chi connectivity index (χ2n) is 4.13. The molecule has 0 spiro atoms. The molecule has 1 atom stereocenters. The molecule has 1 unspecified atom stereocenters. The van der Waals surface area contributed by atoms with E-state index in [-0.39, 0.29) is 11.7 Å². The molecular formula is C12H20N4O2. The molecule has 100 valence electrons. The lowest BCUT2D eigenvalue weighted by Crippen LogP contribution is -2.35. The average molecular weight is 252 g/mol. The summed E-state index contributed by atoms with van der Waals surface area (Å²) in [5.74, 6) is -0.572. The SMILES string of the molecule is CCN(CC)CC(C)Nc1cncc(C(=O)O)n1. The first-order valence-corrected chi connectivity index (χ1v) is 6.11. The number of aromatic carboxylic acids is 1. The number of carboxylic acids is 1. The van der Waals surface area contributed by atoms with Crippen LogP contribution in [-0.4, -0.2) is 51.6 Å². The highest BCUT2D eigenvalue weighted by Gasteiger charge is 2.10. The second-order valence-corrected chi connectivity index (χ2v) is 4.13. The maximum absolute atomic E-state index is 10.8. The third kappa shape index (κ3) is 4.29. The lowest BCUT2D eigenvalue weighted by molar-refractivity contribution is 0.0690. The van der Waals surface area contributed by atoms with Crippen molar-refractivity contribution >= 4 is 11.8 Å². The number of rotatable bonds is 7. The molecule has 1 aromatic heterocycles. The van der Waals surface area contributed by atoms with Crippen molar-refractivity contribution in [2.24, 2.45) is 0 Å². The number of nitrogens with zero attached hydrogens (tertiary/aromatic N) is 3. The average Bonchev–Trinajstić information content (AvgIpc) is 2.36. The highest BCUT2D eigenvalue weighted by atomic mass is 16.4. The molecule has 0 saturated carbocycles. The van der Waals surface area contributed by atoms with Crippen molar-refractivity contribution < 1.29 is 9.90 Å². The van der Waals surface area contributed by atoms with Gasteiger partial charge in [0.1, 0.15) is 5.82 Å². The Balaban J connectivity index is 2.61. The number of hydrogen-bond acceptors (Lipinski definition) is 5. The van der Waals surface area contributed by atoms with E-state index in [2.05, 4.69) is 34.0 Å². The Bertz CT molecular complexity index is 393. The Morgan fingerprint density at radius 3 is 2.67 bits per heavy atom. The molecule has 0 bridgehead atoms. The van der Waals surface area contributed by atoms with Crippen molar-refractivity contribution in [2.45, 2.75) is 26.8 Å². The molecule has 0 aliphatic rings. The van der Waals surface area contributed by atoms with Gasteiger partial charge in [-0.05, 0) is 20.0 Å². The minimum atomic E-state index is -1.07. The Labute approximate surface area is 107 Å². The lowest BCUT2D eigenvalue weighted by Gasteiger charge is -2.23. The van der Waals surface area contributed by atoms with E-state index in [9.17, 15) is 4.79 Å². The van der Waals surface area contributed by atoms with Gasteiger partial charge in [0, 0.05) is 12.6 Å². The summed E-state index contributed by atoms with van der Waals surface area (Å²) in [6.45, 7) is 9.12. The maximum atomic E-state index is 10.8. The molecule has 6 nitrogen and oxygen atoms in total. The number of hydrogen-bond donors (Lipinski definition) is 2. The molecular weight excluding hydrogens is 232 g/mol. The number of anilines is 1. The fourth-order valence-corrected chi connectivity index (χ4v) is 1.71. The number of likely N-dealkylation sites (N-methyl/N-ethyl adjacent to an activating group) is 1. The quantitative estimate of drug-likeness (QED) is 0.762. The van der Waals surface area contributed by atoms with Gasteiger partial charge in [-0.25, -0.2) is 9.78 Å². The molecule has 0 radical (unpaired) electrons. The fourth-order valence-electron chi connectivity index (χ4n) is 1.71. The first-order chi connectivity index (χ1) is 8.56. The molecule has 1 aromatic rings. The van der Waals surface area contributed by atoms with Crippen LogP contribution in [0.15, 0.2) is 12.4 Å². The van der Waals surface area contributed by atoms with Gasteiger partial charge in [-0.3, -0.25) is 4.98 Å². The monoisotopic (exact) mass is 252 g/mol. The predicted octanol–water partition coefficient (Wildman–Crippen LogP) is 1.32. The number of aromatic nitrogens is 2. The smallest absolute Gasteiger partial charge is 0.356 e. The van der Waals surface area contributed by atoms with Crippen LogP contribution in [0.2, 0.25) is 0 Å². The van der Waals surface area contributed by atoms with Crippen LogP contribution in [0.25, 0.3) is 0 Å². The molecule has 1 rings (SSSR count). The molecule has 18 heavy (non-hydrogen) atoms. The third-order valence-electron chi connectivity index (χ3n) is 2.67. The standard InChI is InChI=1S/C12H20N4O2/c1-4-16(5-2)8-9(3)14-11-7-13-6-10(15-11)12(17)18/h6-7,9H,4-5,8H2,1-3H3,(H,14,15)(H,17,18). The van der Waals surface area contributed by atoms with E-state index in [0.717, 1.165) is 19.6 Å². The molecule has 0 aliphatic heterocycles. The van der Waals surface area contributed by atoms with Crippen LogP contribution >= 0.6 is 0 Å². The summed E-state index contributed by atoms with van der Waals surface area (Å²) >= 11 is 0. The van der Waals surface area contributed by atoms with Gasteiger partial charge in [0.05, 0.1) is 12.4 Å². The zero-order valence-electron chi connectivity index (χ0n) is 11.1. The topological polar surface area (TPSA) is 78.4 Å². The predicted molar refractivity (Wildman–Crippen MR) is 69.9 cm³/mol. The Morgan fingerprint density at radius 2 is 2.11 bits per heavy atom. The zero-order chi connectivity index (χ0) is 13.5. The highest BCUT2D eigenvalue weighted by Crippen LogP contribution is 2.05. The second kappa shape index (κ2) is 6.90. The Kier molecular flexibility index (Phi) is 5.51. The van der Waals surface area contributed by atoms with E-state index >= 15 is 0 Å². The first-order valence-electron chi connectivity index (χ1n) is 6.11. The van der Waals surface area contributed by atoms with Crippen LogP contribution in [0, 0.1) is 0 Å². The highest BCUT2D eigenvalue weighted by molar-refractivity contribution is 5.85. The summed E-state index contributed by atoms with van der Waals surface area (Å²) in [6.07, 6.45) is 2.77. The number of carboxylic acid groups (broad SMARTS) is 1. The van der Waals surface area contributed by atoms with Gasteiger partial charge in [-0.1, -0.05) is 13.8 Å². The van der Waals surface area contributed by atoms with Gasteiger partial charge >= 0.3 is 5.97 Å². The van der Waals surface area contributed by atoms with Gasteiger partial charge in [-0.2, -0.15) is 0 Å². The van der Waals surface area contributed by atoms with Gasteiger partial charge in [0.25, 0.3) is 0 Å². The molecule has 0 aromatic carbocycles. The van der Waals surface area contributed by atoms with Crippen molar-refractivity contribution in [2.75, 3.05) is 25.0 Å². The van der Waals surface area contributed by atoms with Crippen molar-refractivity contribution in [1.82, 2.24) is 14.9 Å². The van der Waals surface area contributed by atoms with E-state index < -0.39 is 5.97 Å². The molecule has 0 amide bonds. The van der Waals surface area contributed by atoms with Gasteiger partial charge in [0.2, 0.25) is 0 Å².